The van der Waals surface area contributed by atoms with E-state index in [-0.39, 0.29) is 29.7 Å². The van der Waals surface area contributed by atoms with Crippen molar-refractivity contribution in [3.05, 3.63) is 35.6 Å². The Morgan fingerprint density at radius 3 is 3.17 bits per heavy atom. The predicted molar refractivity (Wildman–Crippen MR) is 84.6 cm³/mol. The first-order valence-electron chi connectivity index (χ1n) is 8.26. The van der Waals surface area contributed by atoms with Gasteiger partial charge in [-0.1, -0.05) is 12.1 Å². The van der Waals surface area contributed by atoms with Gasteiger partial charge in [0, 0.05) is 32.2 Å². The van der Waals surface area contributed by atoms with Gasteiger partial charge in [0.25, 0.3) is 0 Å². The number of rotatable bonds is 4. The molecule has 1 aromatic rings. The van der Waals surface area contributed by atoms with Crippen molar-refractivity contribution >= 4 is 5.91 Å². The number of benzene rings is 1. The highest BCUT2D eigenvalue weighted by Crippen LogP contribution is 2.40. The molecule has 3 rings (SSSR count). The van der Waals surface area contributed by atoms with Crippen LogP contribution in [-0.4, -0.2) is 50.3 Å². The molecular formula is C18H24FNO3. The maximum atomic E-state index is 13.3. The molecule has 2 aliphatic rings. The van der Waals surface area contributed by atoms with Gasteiger partial charge in [0.15, 0.2) is 0 Å². The number of piperidine rings is 1. The van der Waals surface area contributed by atoms with Crippen LogP contribution in [0.2, 0.25) is 0 Å². The van der Waals surface area contributed by atoms with E-state index in [1.807, 2.05) is 4.90 Å². The first-order valence-corrected chi connectivity index (χ1v) is 8.26. The molecule has 23 heavy (non-hydrogen) atoms. The molecule has 0 bridgehead atoms. The highest BCUT2D eigenvalue weighted by atomic mass is 19.1. The molecular weight excluding hydrogens is 297 g/mol. The van der Waals surface area contributed by atoms with Crippen molar-refractivity contribution < 1.29 is 18.7 Å². The highest BCUT2D eigenvalue weighted by Gasteiger charge is 2.46. The standard InChI is InChI=1S/C18H24FNO3/c1-22-13-18-7-3-9-23-16(18)6-8-20(12-18)17(21)11-14-4-2-5-15(19)10-14/h2,4-5,10,16H,3,6-9,11-13H2,1H3/t16-,18+/m1/s1. The van der Waals surface area contributed by atoms with Gasteiger partial charge < -0.3 is 14.4 Å². The third-order valence-corrected chi connectivity index (χ3v) is 5.02. The molecule has 126 valence electrons. The molecule has 4 nitrogen and oxygen atoms in total. The Hall–Kier alpha value is -1.46. The van der Waals surface area contributed by atoms with E-state index in [4.69, 9.17) is 9.47 Å². The van der Waals surface area contributed by atoms with Gasteiger partial charge in [0.05, 0.1) is 19.1 Å². The van der Waals surface area contributed by atoms with Crippen molar-refractivity contribution in [3.63, 3.8) is 0 Å². The molecule has 2 fully saturated rings. The first-order chi connectivity index (χ1) is 11.1. The van der Waals surface area contributed by atoms with E-state index in [1.165, 1.54) is 12.1 Å². The molecule has 1 amide bonds. The lowest BCUT2D eigenvalue weighted by molar-refractivity contribution is -0.161. The number of hydrogen-bond donors (Lipinski definition) is 0. The van der Waals surface area contributed by atoms with Gasteiger partial charge in [-0.15, -0.1) is 0 Å². The van der Waals surface area contributed by atoms with Crippen LogP contribution in [0, 0.1) is 11.2 Å². The van der Waals surface area contributed by atoms with E-state index in [2.05, 4.69) is 0 Å². The summed E-state index contributed by atoms with van der Waals surface area (Å²) in [6, 6.07) is 6.26. The van der Waals surface area contributed by atoms with Crippen molar-refractivity contribution in [1.29, 1.82) is 0 Å². The Morgan fingerprint density at radius 1 is 1.52 bits per heavy atom. The van der Waals surface area contributed by atoms with Crippen molar-refractivity contribution in [2.45, 2.75) is 31.8 Å². The van der Waals surface area contributed by atoms with Gasteiger partial charge in [0.1, 0.15) is 5.82 Å². The third-order valence-electron chi connectivity index (χ3n) is 5.02. The summed E-state index contributed by atoms with van der Waals surface area (Å²) in [5, 5.41) is 0. The fraction of sp³-hybridized carbons (Fsp3) is 0.611. The maximum Gasteiger partial charge on any atom is 0.227 e. The number of halogens is 1. The second-order valence-electron chi connectivity index (χ2n) is 6.67. The summed E-state index contributed by atoms with van der Waals surface area (Å²) in [6.07, 6.45) is 3.29. The Kier molecular flexibility index (Phi) is 4.97. The van der Waals surface area contributed by atoms with Gasteiger partial charge in [-0.25, -0.2) is 4.39 Å². The van der Waals surface area contributed by atoms with Crippen LogP contribution in [0.15, 0.2) is 24.3 Å². The van der Waals surface area contributed by atoms with E-state index in [1.54, 1.807) is 19.2 Å². The number of carbonyl (C=O) groups is 1. The summed E-state index contributed by atoms with van der Waals surface area (Å²) in [4.78, 5) is 14.5. The Morgan fingerprint density at radius 2 is 2.39 bits per heavy atom. The summed E-state index contributed by atoms with van der Waals surface area (Å²) in [5.41, 5.74) is 0.626. The Bertz CT molecular complexity index is 561. The number of fused-ring (bicyclic) bond motifs is 1. The molecule has 0 aliphatic carbocycles. The maximum absolute atomic E-state index is 13.3. The quantitative estimate of drug-likeness (QED) is 0.855. The summed E-state index contributed by atoms with van der Waals surface area (Å²) >= 11 is 0. The average molecular weight is 321 g/mol. The minimum atomic E-state index is -0.300. The second kappa shape index (κ2) is 6.97. The minimum absolute atomic E-state index is 0.0510. The van der Waals surface area contributed by atoms with Crippen LogP contribution >= 0.6 is 0 Å². The van der Waals surface area contributed by atoms with Crippen LogP contribution in [0.5, 0.6) is 0 Å². The van der Waals surface area contributed by atoms with Crippen LogP contribution in [0.25, 0.3) is 0 Å². The van der Waals surface area contributed by atoms with Gasteiger partial charge in [-0.05, 0) is 37.0 Å². The van der Waals surface area contributed by atoms with Crippen LogP contribution in [0.3, 0.4) is 0 Å². The van der Waals surface area contributed by atoms with Gasteiger partial charge in [-0.3, -0.25) is 4.79 Å². The smallest absolute Gasteiger partial charge is 0.227 e. The fourth-order valence-electron chi connectivity index (χ4n) is 3.93. The van der Waals surface area contributed by atoms with Crippen LogP contribution in [0.1, 0.15) is 24.8 Å². The minimum Gasteiger partial charge on any atom is -0.384 e. The number of ether oxygens (including phenoxy) is 2. The zero-order valence-corrected chi connectivity index (χ0v) is 13.6. The number of carbonyl (C=O) groups excluding carboxylic acids is 1. The first kappa shape index (κ1) is 16.4. The van der Waals surface area contributed by atoms with E-state index >= 15 is 0 Å². The van der Waals surface area contributed by atoms with Crippen molar-refractivity contribution in [3.8, 4) is 0 Å². The van der Waals surface area contributed by atoms with E-state index < -0.39 is 0 Å². The van der Waals surface area contributed by atoms with Crippen LogP contribution < -0.4 is 0 Å². The lowest BCUT2D eigenvalue weighted by Crippen LogP contribution is -2.58. The summed E-state index contributed by atoms with van der Waals surface area (Å²) in [5.74, 6) is -0.249. The highest BCUT2D eigenvalue weighted by molar-refractivity contribution is 5.79. The molecule has 0 N–H and O–H groups in total. The van der Waals surface area contributed by atoms with Crippen LogP contribution in [0.4, 0.5) is 4.39 Å². The monoisotopic (exact) mass is 321 g/mol. The molecule has 0 spiro atoms. The number of hydrogen-bond acceptors (Lipinski definition) is 3. The summed E-state index contributed by atoms with van der Waals surface area (Å²) in [7, 11) is 1.70. The van der Waals surface area contributed by atoms with E-state index in [0.29, 0.717) is 19.7 Å². The molecule has 0 saturated carbocycles. The second-order valence-corrected chi connectivity index (χ2v) is 6.67. The average Bonchev–Trinajstić information content (AvgIpc) is 2.54. The molecule has 1 aromatic carbocycles. The molecule has 0 unspecified atom stereocenters. The number of nitrogens with zero attached hydrogens (tertiary/aromatic N) is 1. The van der Waals surface area contributed by atoms with Gasteiger partial charge in [0.2, 0.25) is 5.91 Å². The summed E-state index contributed by atoms with van der Waals surface area (Å²) < 4.78 is 24.7. The molecule has 2 aliphatic heterocycles. The van der Waals surface area contributed by atoms with Gasteiger partial charge >= 0.3 is 0 Å². The molecule has 2 saturated heterocycles. The number of amides is 1. The van der Waals surface area contributed by atoms with Crippen LogP contribution in [-0.2, 0) is 20.7 Å². The normalized spacial score (nSPS) is 27.6. The SMILES string of the molecule is COC[C@@]12CCCO[C@@H]1CCN(C(=O)Cc1cccc(F)c1)C2. The topological polar surface area (TPSA) is 38.8 Å². The molecule has 2 heterocycles. The Labute approximate surface area is 136 Å². The lowest BCUT2D eigenvalue weighted by Gasteiger charge is -2.50. The zero-order chi connectivity index (χ0) is 16.3. The summed E-state index contributed by atoms with van der Waals surface area (Å²) in [6.45, 7) is 2.78. The van der Waals surface area contributed by atoms with Crippen molar-refractivity contribution in [2.75, 3.05) is 33.4 Å². The van der Waals surface area contributed by atoms with Crippen molar-refractivity contribution in [2.24, 2.45) is 5.41 Å². The molecule has 0 radical (unpaired) electrons. The number of likely N-dealkylation sites (tertiary alicyclic amines) is 1. The fourth-order valence-corrected chi connectivity index (χ4v) is 3.93. The molecule has 0 aromatic heterocycles. The molecule has 5 heteroatoms. The van der Waals surface area contributed by atoms with Gasteiger partial charge in [-0.2, -0.15) is 0 Å². The number of methoxy groups -OCH3 is 1. The van der Waals surface area contributed by atoms with E-state index in [0.717, 1.165) is 31.4 Å². The lowest BCUT2D eigenvalue weighted by atomic mass is 9.73. The Balaban J connectivity index is 1.69. The van der Waals surface area contributed by atoms with Crippen molar-refractivity contribution in [1.82, 2.24) is 4.90 Å². The van der Waals surface area contributed by atoms with E-state index in [9.17, 15) is 9.18 Å². The zero-order valence-electron chi connectivity index (χ0n) is 13.6. The third kappa shape index (κ3) is 3.56. The predicted octanol–water partition coefficient (Wildman–Crippen LogP) is 2.41. The molecule has 2 atom stereocenters. The largest absolute Gasteiger partial charge is 0.384 e.